The van der Waals surface area contributed by atoms with Crippen LogP contribution in [0.15, 0.2) is 53.1 Å². The molecule has 0 bridgehead atoms. The van der Waals surface area contributed by atoms with Gasteiger partial charge in [0.15, 0.2) is 0 Å². The van der Waals surface area contributed by atoms with Gasteiger partial charge in [-0.05, 0) is 55.8 Å². The molecule has 0 aliphatic carbocycles. The summed E-state index contributed by atoms with van der Waals surface area (Å²) in [4.78, 5) is 18.5. The minimum Gasteiger partial charge on any atom is -0.491 e. The van der Waals surface area contributed by atoms with Crippen molar-refractivity contribution in [3.05, 3.63) is 65.5 Å². The molecule has 1 saturated heterocycles. The molecule has 1 aromatic heterocycles. The summed E-state index contributed by atoms with van der Waals surface area (Å²) in [6, 6.07) is 12.2. The van der Waals surface area contributed by atoms with Crippen molar-refractivity contribution in [2.45, 2.75) is 45.0 Å². The Morgan fingerprint density at radius 1 is 1.12 bits per heavy atom. The molecule has 0 spiro atoms. The van der Waals surface area contributed by atoms with E-state index in [1.807, 2.05) is 38.1 Å². The van der Waals surface area contributed by atoms with Crippen molar-refractivity contribution in [1.82, 2.24) is 15.0 Å². The van der Waals surface area contributed by atoms with Crippen molar-refractivity contribution in [3.8, 4) is 17.1 Å². The van der Waals surface area contributed by atoms with Crippen LogP contribution in [0.4, 0.5) is 13.2 Å². The molecule has 32 heavy (non-hydrogen) atoms. The van der Waals surface area contributed by atoms with E-state index in [9.17, 15) is 18.0 Å². The Morgan fingerprint density at radius 3 is 2.44 bits per heavy atom. The molecule has 2 heterocycles. The summed E-state index contributed by atoms with van der Waals surface area (Å²) < 4.78 is 49.2. The lowest BCUT2D eigenvalue weighted by atomic mass is 10.1. The average Bonchev–Trinajstić information content (AvgIpc) is 3.35. The first-order valence-corrected chi connectivity index (χ1v) is 10.2. The van der Waals surface area contributed by atoms with Crippen molar-refractivity contribution in [3.63, 3.8) is 0 Å². The first-order chi connectivity index (χ1) is 15.2. The van der Waals surface area contributed by atoms with Gasteiger partial charge in [0.05, 0.1) is 17.6 Å². The van der Waals surface area contributed by atoms with Crippen molar-refractivity contribution in [2.24, 2.45) is 0 Å². The predicted octanol–water partition coefficient (Wildman–Crippen LogP) is 5.06. The minimum absolute atomic E-state index is 0.0723. The molecule has 0 N–H and O–H groups in total. The summed E-state index contributed by atoms with van der Waals surface area (Å²) in [5.74, 6) is 1.16. The van der Waals surface area contributed by atoms with E-state index in [1.54, 1.807) is 4.90 Å². The Labute approximate surface area is 183 Å². The van der Waals surface area contributed by atoms with Gasteiger partial charge in [-0.2, -0.15) is 18.2 Å². The maximum atomic E-state index is 12.7. The van der Waals surface area contributed by atoms with E-state index in [4.69, 9.17) is 9.26 Å². The lowest BCUT2D eigenvalue weighted by Gasteiger charge is -2.16. The van der Waals surface area contributed by atoms with E-state index < -0.39 is 11.7 Å². The van der Waals surface area contributed by atoms with E-state index in [-0.39, 0.29) is 30.9 Å². The molecule has 1 fully saturated rings. The second kappa shape index (κ2) is 8.64. The fraction of sp³-hybridized carbons (Fsp3) is 0.348. The minimum atomic E-state index is -4.38. The third kappa shape index (κ3) is 4.92. The molecule has 1 atom stereocenters. The maximum absolute atomic E-state index is 12.7. The highest BCUT2D eigenvalue weighted by Crippen LogP contribution is 2.32. The van der Waals surface area contributed by atoms with Crippen LogP contribution in [0.5, 0.6) is 5.75 Å². The van der Waals surface area contributed by atoms with Gasteiger partial charge in [-0.15, -0.1) is 0 Å². The Morgan fingerprint density at radius 2 is 1.81 bits per heavy atom. The van der Waals surface area contributed by atoms with Gasteiger partial charge in [0.2, 0.25) is 17.6 Å². The van der Waals surface area contributed by atoms with E-state index >= 15 is 0 Å². The highest BCUT2D eigenvalue weighted by Gasteiger charge is 2.35. The summed E-state index contributed by atoms with van der Waals surface area (Å²) in [5, 5.41) is 4.03. The zero-order valence-corrected chi connectivity index (χ0v) is 17.6. The SMILES string of the molecule is CC(C)Oc1ccc(-c2noc(C3CC(=O)N(Cc4ccc(C(F)(F)F)cc4)C3)n2)cc1. The number of hydrogen-bond donors (Lipinski definition) is 0. The number of carbonyl (C=O) groups excluding carboxylic acids is 1. The van der Waals surface area contributed by atoms with Gasteiger partial charge in [-0.25, -0.2) is 0 Å². The van der Waals surface area contributed by atoms with Crippen molar-refractivity contribution in [1.29, 1.82) is 0 Å². The topological polar surface area (TPSA) is 68.5 Å². The largest absolute Gasteiger partial charge is 0.491 e. The summed E-state index contributed by atoms with van der Waals surface area (Å²) in [6.45, 7) is 4.49. The van der Waals surface area contributed by atoms with Gasteiger partial charge < -0.3 is 14.2 Å². The molecular formula is C23H22F3N3O3. The van der Waals surface area contributed by atoms with Gasteiger partial charge in [0.25, 0.3) is 0 Å². The molecule has 168 valence electrons. The van der Waals surface area contributed by atoms with Crippen LogP contribution in [0, 0.1) is 0 Å². The molecule has 2 aromatic carbocycles. The number of aromatic nitrogens is 2. The molecular weight excluding hydrogens is 423 g/mol. The Balaban J connectivity index is 1.41. The first-order valence-electron chi connectivity index (χ1n) is 10.2. The highest BCUT2D eigenvalue weighted by molar-refractivity contribution is 5.79. The van der Waals surface area contributed by atoms with E-state index in [0.29, 0.717) is 23.8 Å². The van der Waals surface area contributed by atoms with Crippen molar-refractivity contribution < 1.29 is 27.2 Å². The Bertz CT molecular complexity index is 1080. The third-order valence-electron chi connectivity index (χ3n) is 5.14. The van der Waals surface area contributed by atoms with Gasteiger partial charge in [-0.3, -0.25) is 4.79 Å². The second-order valence-corrected chi connectivity index (χ2v) is 8.02. The normalized spacial score (nSPS) is 16.8. The van der Waals surface area contributed by atoms with Gasteiger partial charge >= 0.3 is 6.18 Å². The van der Waals surface area contributed by atoms with Gasteiger partial charge in [0, 0.05) is 25.1 Å². The van der Waals surface area contributed by atoms with Gasteiger partial charge in [0.1, 0.15) is 5.75 Å². The van der Waals surface area contributed by atoms with Crippen LogP contribution in [-0.4, -0.2) is 33.6 Å². The number of carbonyl (C=O) groups is 1. The van der Waals surface area contributed by atoms with E-state index in [2.05, 4.69) is 10.1 Å². The van der Waals surface area contributed by atoms with Gasteiger partial charge in [-0.1, -0.05) is 17.3 Å². The fourth-order valence-corrected chi connectivity index (χ4v) is 3.58. The zero-order valence-electron chi connectivity index (χ0n) is 17.6. The standard InChI is InChI=1S/C23H22F3N3O3/c1-14(2)31-19-9-5-16(6-10-19)21-27-22(32-28-21)17-11-20(30)29(13-17)12-15-3-7-18(8-4-15)23(24,25)26/h3-10,14,17H,11-13H2,1-2H3. The molecule has 1 aliphatic rings. The van der Waals surface area contributed by atoms with Crippen LogP contribution in [0.1, 0.15) is 43.2 Å². The van der Waals surface area contributed by atoms with Crippen molar-refractivity contribution in [2.75, 3.05) is 6.54 Å². The van der Waals surface area contributed by atoms with Crippen LogP contribution in [-0.2, 0) is 17.5 Å². The summed E-state index contributed by atoms with van der Waals surface area (Å²) in [5.41, 5.74) is 0.679. The average molecular weight is 445 g/mol. The first kappa shape index (κ1) is 21.9. The van der Waals surface area contributed by atoms with Crippen molar-refractivity contribution >= 4 is 5.91 Å². The second-order valence-electron chi connectivity index (χ2n) is 8.02. The van der Waals surface area contributed by atoms with Crippen LogP contribution < -0.4 is 4.74 Å². The molecule has 3 aromatic rings. The number of alkyl halides is 3. The van der Waals surface area contributed by atoms with E-state index in [1.165, 1.54) is 12.1 Å². The maximum Gasteiger partial charge on any atom is 0.416 e. The lowest BCUT2D eigenvalue weighted by molar-refractivity contribution is -0.137. The molecule has 1 aliphatic heterocycles. The fourth-order valence-electron chi connectivity index (χ4n) is 3.58. The summed E-state index contributed by atoms with van der Waals surface area (Å²) in [6.07, 6.45) is -4.10. The Kier molecular flexibility index (Phi) is 5.90. The summed E-state index contributed by atoms with van der Waals surface area (Å²) in [7, 11) is 0. The number of benzene rings is 2. The molecule has 0 radical (unpaired) electrons. The number of hydrogen-bond acceptors (Lipinski definition) is 5. The number of amides is 1. The molecule has 1 unspecified atom stereocenters. The van der Waals surface area contributed by atoms with Crippen LogP contribution in [0.3, 0.4) is 0 Å². The van der Waals surface area contributed by atoms with Crippen LogP contribution >= 0.6 is 0 Å². The smallest absolute Gasteiger partial charge is 0.416 e. The number of halogens is 3. The molecule has 9 heteroatoms. The molecule has 0 saturated carbocycles. The molecule has 6 nitrogen and oxygen atoms in total. The molecule has 4 rings (SSSR count). The quantitative estimate of drug-likeness (QED) is 0.531. The summed E-state index contributed by atoms with van der Waals surface area (Å²) >= 11 is 0. The Hall–Kier alpha value is -3.36. The third-order valence-corrected chi connectivity index (χ3v) is 5.14. The lowest BCUT2D eigenvalue weighted by Crippen LogP contribution is -2.24. The zero-order chi connectivity index (χ0) is 22.9. The number of ether oxygens (including phenoxy) is 1. The van der Waals surface area contributed by atoms with Crippen LogP contribution in [0.25, 0.3) is 11.4 Å². The number of likely N-dealkylation sites (tertiary alicyclic amines) is 1. The molecule has 1 amide bonds. The van der Waals surface area contributed by atoms with E-state index in [0.717, 1.165) is 23.4 Å². The monoisotopic (exact) mass is 445 g/mol. The predicted molar refractivity (Wildman–Crippen MR) is 110 cm³/mol. The number of rotatable bonds is 6. The number of nitrogens with zero attached hydrogens (tertiary/aromatic N) is 3. The van der Waals surface area contributed by atoms with Crippen LogP contribution in [0.2, 0.25) is 0 Å². The highest BCUT2D eigenvalue weighted by atomic mass is 19.4.